The van der Waals surface area contributed by atoms with Gasteiger partial charge in [0, 0.05) is 24.2 Å². The van der Waals surface area contributed by atoms with Crippen molar-refractivity contribution in [2.24, 2.45) is 0 Å². The lowest BCUT2D eigenvalue weighted by Gasteiger charge is -2.35. The number of piperidine rings is 1. The van der Waals surface area contributed by atoms with Crippen LogP contribution in [0, 0.1) is 6.92 Å². The van der Waals surface area contributed by atoms with E-state index >= 15 is 0 Å². The van der Waals surface area contributed by atoms with E-state index in [2.05, 4.69) is 9.97 Å². The van der Waals surface area contributed by atoms with E-state index in [0.29, 0.717) is 42.0 Å². The Bertz CT molecular complexity index is 1120. The van der Waals surface area contributed by atoms with Crippen LogP contribution in [0.4, 0.5) is 0 Å². The topological polar surface area (TPSA) is 103 Å². The van der Waals surface area contributed by atoms with Crippen molar-refractivity contribution in [3.05, 3.63) is 62.8 Å². The maximum Gasteiger partial charge on any atom is 0.254 e. The molecule has 2 aliphatic rings. The van der Waals surface area contributed by atoms with Crippen LogP contribution in [0.2, 0.25) is 0 Å². The molecule has 0 bridgehead atoms. The zero-order valence-electron chi connectivity index (χ0n) is 17.2. The second-order valence-electron chi connectivity index (χ2n) is 8.10. The molecular formula is C21H26N4O4S. The van der Waals surface area contributed by atoms with E-state index < -0.39 is 10.0 Å². The first kappa shape index (κ1) is 20.7. The molecule has 9 heteroatoms. The average molecular weight is 431 g/mol. The molecule has 0 saturated carbocycles. The van der Waals surface area contributed by atoms with Crippen molar-refractivity contribution < 1.29 is 13.2 Å². The van der Waals surface area contributed by atoms with Crippen LogP contribution in [0.15, 0.2) is 29.1 Å². The van der Waals surface area contributed by atoms with Gasteiger partial charge < -0.3 is 9.88 Å². The number of sulfonamides is 1. The summed E-state index contributed by atoms with van der Waals surface area (Å²) >= 11 is 0. The SMILES string of the molecule is Cc1ccc(C(=O)N2CCCC[C@@H]2c2nc3c(c(=O)[nH]2)CCN(S(C)(=O)=O)C3)cc1. The fraction of sp³-hybridized carbons (Fsp3) is 0.476. The number of aromatic amines is 1. The normalized spacial score (nSPS) is 20.1. The van der Waals surface area contributed by atoms with Crippen molar-refractivity contribution in [1.82, 2.24) is 19.2 Å². The van der Waals surface area contributed by atoms with Gasteiger partial charge in [-0.1, -0.05) is 17.7 Å². The number of carbonyl (C=O) groups is 1. The summed E-state index contributed by atoms with van der Waals surface area (Å²) in [5.74, 6) is 0.354. The van der Waals surface area contributed by atoms with Crippen LogP contribution in [0.3, 0.4) is 0 Å². The smallest absolute Gasteiger partial charge is 0.254 e. The van der Waals surface area contributed by atoms with Crippen LogP contribution in [-0.2, 0) is 23.0 Å². The Labute approximate surface area is 176 Å². The fourth-order valence-corrected chi connectivity index (χ4v) is 4.98. The number of carbonyl (C=O) groups excluding carboxylic acids is 1. The van der Waals surface area contributed by atoms with Gasteiger partial charge >= 0.3 is 0 Å². The Hall–Kier alpha value is -2.52. The molecule has 3 heterocycles. The summed E-state index contributed by atoms with van der Waals surface area (Å²) in [6.45, 7) is 2.92. The van der Waals surface area contributed by atoms with Gasteiger partial charge in [-0.15, -0.1) is 0 Å². The molecule has 0 aliphatic carbocycles. The zero-order chi connectivity index (χ0) is 21.5. The summed E-state index contributed by atoms with van der Waals surface area (Å²) < 4.78 is 25.2. The van der Waals surface area contributed by atoms with Crippen LogP contribution < -0.4 is 5.56 Å². The summed E-state index contributed by atoms with van der Waals surface area (Å²) in [5.41, 5.74) is 2.47. The Kier molecular flexibility index (Phi) is 5.50. The van der Waals surface area contributed by atoms with Gasteiger partial charge in [-0.2, -0.15) is 4.31 Å². The number of aromatic nitrogens is 2. The molecule has 2 aromatic rings. The highest BCUT2D eigenvalue weighted by atomic mass is 32.2. The van der Waals surface area contributed by atoms with Gasteiger partial charge in [-0.25, -0.2) is 13.4 Å². The molecular weight excluding hydrogens is 404 g/mol. The van der Waals surface area contributed by atoms with Crippen LogP contribution in [0.5, 0.6) is 0 Å². The Morgan fingerprint density at radius 1 is 1.17 bits per heavy atom. The van der Waals surface area contributed by atoms with Gasteiger partial charge in [0.05, 0.1) is 24.5 Å². The number of amides is 1. The molecule has 0 radical (unpaired) electrons. The first-order chi connectivity index (χ1) is 14.2. The predicted molar refractivity (Wildman–Crippen MR) is 113 cm³/mol. The zero-order valence-corrected chi connectivity index (χ0v) is 18.0. The maximum absolute atomic E-state index is 13.2. The van der Waals surface area contributed by atoms with Gasteiger partial charge in [0.15, 0.2) is 0 Å². The molecule has 1 amide bonds. The van der Waals surface area contributed by atoms with Gasteiger partial charge in [0.25, 0.3) is 11.5 Å². The Morgan fingerprint density at radius 2 is 1.90 bits per heavy atom. The number of hydrogen-bond acceptors (Lipinski definition) is 5. The number of rotatable bonds is 3. The van der Waals surface area contributed by atoms with Crippen molar-refractivity contribution in [1.29, 1.82) is 0 Å². The first-order valence-electron chi connectivity index (χ1n) is 10.2. The van der Waals surface area contributed by atoms with Gasteiger partial charge in [0.1, 0.15) is 5.82 Å². The molecule has 160 valence electrons. The van der Waals surface area contributed by atoms with E-state index in [4.69, 9.17) is 0 Å². The van der Waals surface area contributed by atoms with E-state index in [1.807, 2.05) is 31.2 Å². The average Bonchev–Trinajstić information content (AvgIpc) is 2.72. The van der Waals surface area contributed by atoms with Crippen molar-refractivity contribution in [3.8, 4) is 0 Å². The molecule has 8 nitrogen and oxygen atoms in total. The van der Waals surface area contributed by atoms with E-state index in [1.54, 1.807) is 4.90 Å². The summed E-state index contributed by atoms with van der Waals surface area (Å²) in [7, 11) is -3.37. The lowest BCUT2D eigenvalue weighted by atomic mass is 9.99. The molecule has 0 spiro atoms. The van der Waals surface area contributed by atoms with Gasteiger partial charge in [-0.05, 0) is 44.7 Å². The minimum atomic E-state index is -3.37. The number of aryl methyl sites for hydroxylation is 1. The summed E-state index contributed by atoms with van der Waals surface area (Å²) in [5, 5.41) is 0. The number of hydrogen-bond donors (Lipinski definition) is 1. The molecule has 1 aromatic heterocycles. The van der Waals surface area contributed by atoms with Gasteiger partial charge in [-0.3, -0.25) is 9.59 Å². The number of fused-ring (bicyclic) bond motifs is 1. The molecule has 1 atom stereocenters. The molecule has 4 rings (SSSR count). The number of H-pyrrole nitrogens is 1. The second-order valence-corrected chi connectivity index (χ2v) is 10.1. The Balaban J connectivity index is 1.68. The van der Waals surface area contributed by atoms with Crippen LogP contribution in [0.25, 0.3) is 0 Å². The maximum atomic E-state index is 13.2. The number of likely N-dealkylation sites (tertiary alicyclic amines) is 1. The lowest BCUT2D eigenvalue weighted by molar-refractivity contribution is 0.0599. The van der Waals surface area contributed by atoms with Crippen LogP contribution in [0.1, 0.15) is 58.3 Å². The number of benzene rings is 1. The van der Waals surface area contributed by atoms with Crippen molar-refractivity contribution >= 4 is 15.9 Å². The lowest BCUT2D eigenvalue weighted by Crippen LogP contribution is -2.42. The number of nitrogens with zero attached hydrogens (tertiary/aromatic N) is 3. The van der Waals surface area contributed by atoms with E-state index in [-0.39, 0.29) is 30.6 Å². The largest absolute Gasteiger partial charge is 0.328 e. The highest BCUT2D eigenvalue weighted by Crippen LogP contribution is 2.31. The highest BCUT2D eigenvalue weighted by Gasteiger charge is 2.33. The molecule has 1 fully saturated rings. The summed E-state index contributed by atoms with van der Waals surface area (Å²) in [6, 6.07) is 7.11. The molecule has 1 saturated heterocycles. The first-order valence-corrected chi connectivity index (χ1v) is 12.0. The van der Waals surface area contributed by atoms with Crippen LogP contribution in [-0.4, -0.2) is 52.8 Å². The minimum Gasteiger partial charge on any atom is -0.328 e. The third-order valence-electron chi connectivity index (χ3n) is 5.90. The molecule has 30 heavy (non-hydrogen) atoms. The van der Waals surface area contributed by atoms with Crippen molar-refractivity contribution in [3.63, 3.8) is 0 Å². The van der Waals surface area contributed by atoms with Crippen molar-refractivity contribution in [2.45, 2.75) is 45.2 Å². The van der Waals surface area contributed by atoms with Crippen LogP contribution >= 0.6 is 0 Å². The summed E-state index contributed by atoms with van der Waals surface area (Å²) in [6.07, 6.45) is 4.02. The highest BCUT2D eigenvalue weighted by molar-refractivity contribution is 7.88. The van der Waals surface area contributed by atoms with E-state index in [0.717, 1.165) is 24.7 Å². The third kappa shape index (κ3) is 4.04. The molecule has 1 N–H and O–H groups in total. The Morgan fingerprint density at radius 3 is 2.60 bits per heavy atom. The van der Waals surface area contributed by atoms with E-state index in [1.165, 1.54) is 4.31 Å². The van der Waals surface area contributed by atoms with E-state index in [9.17, 15) is 18.0 Å². The monoisotopic (exact) mass is 430 g/mol. The van der Waals surface area contributed by atoms with Gasteiger partial charge in [0.2, 0.25) is 10.0 Å². The quantitative estimate of drug-likeness (QED) is 0.799. The number of nitrogens with one attached hydrogen (secondary N) is 1. The fourth-order valence-electron chi connectivity index (χ4n) is 4.20. The minimum absolute atomic E-state index is 0.0853. The second kappa shape index (κ2) is 7.96. The predicted octanol–water partition coefficient (Wildman–Crippen LogP) is 1.76. The van der Waals surface area contributed by atoms with Crippen molar-refractivity contribution in [2.75, 3.05) is 19.3 Å². The standard InChI is InChI=1S/C21H26N4O4S/c1-14-6-8-15(9-7-14)21(27)25-11-4-3-5-18(25)19-22-17-13-24(30(2,28)29)12-10-16(17)20(26)23-19/h6-9,18H,3-5,10-13H2,1-2H3,(H,22,23,26)/t18-/m1/s1. The molecule has 1 aromatic carbocycles. The molecule has 0 unspecified atom stereocenters. The molecule has 2 aliphatic heterocycles. The third-order valence-corrected chi connectivity index (χ3v) is 7.15. The summed E-state index contributed by atoms with van der Waals surface area (Å²) in [4.78, 5) is 35.2.